The molecule has 0 unspecified atom stereocenters. The molecular formula is C17H18N2O5. The van der Waals surface area contributed by atoms with Crippen LogP contribution in [0.2, 0.25) is 0 Å². The monoisotopic (exact) mass is 330 g/mol. The third-order valence-electron chi connectivity index (χ3n) is 3.21. The Balaban J connectivity index is 2.25. The molecule has 2 aromatic rings. The smallest absolute Gasteiger partial charge is 0.341 e. The number of carbonyl (C=O) groups excluding carboxylic acids is 1. The summed E-state index contributed by atoms with van der Waals surface area (Å²) in [6.45, 7) is 1.94. The summed E-state index contributed by atoms with van der Waals surface area (Å²) in [6, 6.07) is 8.93. The van der Waals surface area contributed by atoms with Gasteiger partial charge in [0.15, 0.2) is 0 Å². The van der Waals surface area contributed by atoms with E-state index in [9.17, 15) is 9.90 Å². The molecular weight excluding hydrogens is 312 g/mol. The van der Waals surface area contributed by atoms with Gasteiger partial charge in [0.25, 0.3) is 0 Å². The molecule has 1 aromatic heterocycles. The second-order valence-corrected chi connectivity index (χ2v) is 4.81. The summed E-state index contributed by atoms with van der Waals surface area (Å²) in [5.74, 6) is -0.286. The minimum atomic E-state index is -0.635. The van der Waals surface area contributed by atoms with Gasteiger partial charge in [0.2, 0.25) is 5.88 Å². The van der Waals surface area contributed by atoms with Crippen molar-refractivity contribution in [2.24, 2.45) is 0 Å². The molecule has 7 nitrogen and oxygen atoms in total. The number of hydrogen-bond acceptors (Lipinski definition) is 7. The number of rotatable bonds is 6. The van der Waals surface area contributed by atoms with Crippen LogP contribution in [0.3, 0.4) is 0 Å². The molecule has 24 heavy (non-hydrogen) atoms. The van der Waals surface area contributed by atoms with Crippen LogP contribution in [0.15, 0.2) is 36.6 Å². The number of aryl methyl sites for hydroxylation is 1. The van der Waals surface area contributed by atoms with Gasteiger partial charge in [-0.05, 0) is 18.1 Å². The lowest BCUT2D eigenvalue weighted by Crippen LogP contribution is -2.08. The summed E-state index contributed by atoms with van der Waals surface area (Å²) < 4.78 is 15.4. The van der Waals surface area contributed by atoms with Crippen molar-refractivity contribution < 1.29 is 24.1 Å². The highest BCUT2D eigenvalue weighted by atomic mass is 16.5. The van der Waals surface area contributed by atoms with E-state index in [0.717, 1.165) is 6.26 Å². The maximum atomic E-state index is 11.8. The minimum absolute atomic E-state index is 0.0492. The number of aromatic nitrogens is 2. The molecule has 0 aliphatic carbocycles. The van der Waals surface area contributed by atoms with E-state index >= 15 is 0 Å². The van der Waals surface area contributed by atoms with E-state index in [1.807, 2.05) is 0 Å². The predicted octanol–water partition coefficient (Wildman–Crippen LogP) is 2.44. The van der Waals surface area contributed by atoms with Crippen LogP contribution in [0.5, 0.6) is 11.9 Å². The van der Waals surface area contributed by atoms with Crippen LogP contribution >= 0.6 is 0 Å². The predicted molar refractivity (Wildman–Crippen MR) is 86.7 cm³/mol. The average Bonchev–Trinajstić information content (AvgIpc) is 2.60. The Morgan fingerprint density at radius 1 is 1.25 bits per heavy atom. The highest BCUT2D eigenvalue weighted by Gasteiger charge is 2.16. The topological polar surface area (TPSA) is 90.8 Å². The van der Waals surface area contributed by atoms with Gasteiger partial charge in [0.05, 0.1) is 20.5 Å². The maximum absolute atomic E-state index is 11.8. The van der Waals surface area contributed by atoms with Gasteiger partial charge in [-0.15, -0.1) is 0 Å². The van der Waals surface area contributed by atoms with Gasteiger partial charge in [-0.25, -0.2) is 9.78 Å². The van der Waals surface area contributed by atoms with Gasteiger partial charge in [0.1, 0.15) is 12.2 Å². The molecule has 0 fully saturated rings. The molecule has 1 N–H and O–H groups in total. The van der Waals surface area contributed by atoms with Crippen molar-refractivity contribution in [2.75, 3.05) is 14.2 Å². The number of aliphatic hydroxyl groups excluding tert-OH is 1. The Morgan fingerprint density at radius 2 is 2.00 bits per heavy atom. The SMILES string of the molecule is COC(=O)/C(=C/O)c1ccccc1COc1cc(C)nc(OC)n1. The van der Waals surface area contributed by atoms with Gasteiger partial charge >= 0.3 is 12.0 Å². The number of methoxy groups -OCH3 is 2. The number of aliphatic hydroxyl groups is 1. The lowest BCUT2D eigenvalue weighted by atomic mass is 10.0. The number of hydrogen-bond donors (Lipinski definition) is 1. The van der Waals surface area contributed by atoms with Crippen LogP contribution < -0.4 is 9.47 Å². The van der Waals surface area contributed by atoms with Crippen LogP contribution in [-0.2, 0) is 16.1 Å². The van der Waals surface area contributed by atoms with Gasteiger partial charge in [-0.3, -0.25) is 0 Å². The number of nitrogens with zero attached hydrogens (tertiary/aromatic N) is 2. The minimum Gasteiger partial charge on any atom is -0.515 e. The van der Waals surface area contributed by atoms with Crippen LogP contribution in [0.1, 0.15) is 16.8 Å². The summed E-state index contributed by atoms with van der Waals surface area (Å²) in [6.07, 6.45) is 0.725. The Kier molecular flexibility index (Phi) is 5.73. The molecule has 1 heterocycles. The first-order chi connectivity index (χ1) is 11.6. The highest BCUT2D eigenvalue weighted by molar-refractivity contribution is 6.16. The molecule has 7 heteroatoms. The fourth-order valence-corrected chi connectivity index (χ4v) is 2.08. The Hall–Kier alpha value is -3.09. The van der Waals surface area contributed by atoms with E-state index in [-0.39, 0.29) is 18.2 Å². The van der Waals surface area contributed by atoms with E-state index in [1.54, 1.807) is 37.3 Å². The zero-order chi connectivity index (χ0) is 17.5. The van der Waals surface area contributed by atoms with Crippen molar-refractivity contribution in [2.45, 2.75) is 13.5 Å². The standard InChI is InChI=1S/C17H18N2O5/c1-11-8-15(19-17(18-11)23-3)24-10-12-6-4-5-7-13(12)14(9-20)16(21)22-2/h4-9,20H,10H2,1-3H3/b14-9+. The molecule has 0 aliphatic heterocycles. The zero-order valence-electron chi connectivity index (χ0n) is 13.6. The van der Waals surface area contributed by atoms with E-state index < -0.39 is 5.97 Å². The van der Waals surface area contributed by atoms with Crippen molar-refractivity contribution in [3.63, 3.8) is 0 Å². The molecule has 0 aliphatic rings. The summed E-state index contributed by atoms with van der Waals surface area (Å²) >= 11 is 0. The van der Waals surface area contributed by atoms with Gasteiger partial charge in [0, 0.05) is 11.8 Å². The molecule has 1 aromatic carbocycles. The quantitative estimate of drug-likeness (QED) is 0.494. The molecule has 0 radical (unpaired) electrons. The summed E-state index contributed by atoms with van der Waals surface area (Å²) in [7, 11) is 2.73. The number of carbonyl (C=O) groups is 1. The summed E-state index contributed by atoms with van der Waals surface area (Å²) in [5, 5.41) is 9.35. The molecule has 0 spiro atoms. The number of ether oxygens (including phenoxy) is 3. The van der Waals surface area contributed by atoms with E-state index in [0.29, 0.717) is 22.7 Å². The third kappa shape index (κ3) is 4.01. The normalized spacial score (nSPS) is 11.0. The molecule has 0 saturated heterocycles. The zero-order valence-corrected chi connectivity index (χ0v) is 13.6. The van der Waals surface area contributed by atoms with Crippen molar-refractivity contribution in [3.05, 3.63) is 53.4 Å². The summed E-state index contributed by atoms with van der Waals surface area (Å²) in [5.41, 5.74) is 1.96. The number of benzene rings is 1. The van der Waals surface area contributed by atoms with Crippen molar-refractivity contribution in [1.29, 1.82) is 0 Å². The van der Waals surface area contributed by atoms with Crippen molar-refractivity contribution >= 4 is 11.5 Å². The Bertz CT molecular complexity index is 758. The highest BCUT2D eigenvalue weighted by Crippen LogP contribution is 2.22. The lowest BCUT2D eigenvalue weighted by Gasteiger charge is -2.12. The molecule has 0 atom stereocenters. The maximum Gasteiger partial charge on any atom is 0.341 e. The Labute approximate surface area is 139 Å². The first-order valence-corrected chi connectivity index (χ1v) is 7.12. The summed E-state index contributed by atoms with van der Waals surface area (Å²) in [4.78, 5) is 20.0. The second-order valence-electron chi connectivity index (χ2n) is 4.81. The molecule has 2 rings (SSSR count). The first kappa shape index (κ1) is 17.3. The van der Waals surface area contributed by atoms with E-state index in [2.05, 4.69) is 14.7 Å². The van der Waals surface area contributed by atoms with Crippen molar-refractivity contribution in [1.82, 2.24) is 9.97 Å². The van der Waals surface area contributed by atoms with Gasteiger partial charge in [-0.1, -0.05) is 24.3 Å². The van der Waals surface area contributed by atoms with Crippen LogP contribution in [0.25, 0.3) is 5.57 Å². The second kappa shape index (κ2) is 7.96. The first-order valence-electron chi connectivity index (χ1n) is 7.12. The van der Waals surface area contributed by atoms with Crippen LogP contribution in [-0.4, -0.2) is 35.3 Å². The third-order valence-corrected chi connectivity index (χ3v) is 3.21. The largest absolute Gasteiger partial charge is 0.515 e. The van der Waals surface area contributed by atoms with Crippen LogP contribution in [0, 0.1) is 6.92 Å². The van der Waals surface area contributed by atoms with Gasteiger partial charge < -0.3 is 19.3 Å². The lowest BCUT2D eigenvalue weighted by molar-refractivity contribution is -0.133. The molecule has 0 saturated carbocycles. The fraction of sp³-hybridized carbons (Fsp3) is 0.235. The molecule has 0 amide bonds. The molecule has 0 bridgehead atoms. The average molecular weight is 330 g/mol. The van der Waals surface area contributed by atoms with Crippen molar-refractivity contribution in [3.8, 4) is 11.9 Å². The van der Waals surface area contributed by atoms with Gasteiger partial charge in [-0.2, -0.15) is 4.98 Å². The van der Waals surface area contributed by atoms with E-state index in [4.69, 9.17) is 9.47 Å². The van der Waals surface area contributed by atoms with E-state index in [1.165, 1.54) is 14.2 Å². The van der Waals surface area contributed by atoms with Crippen LogP contribution in [0.4, 0.5) is 0 Å². The molecule has 126 valence electrons. The fourth-order valence-electron chi connectivity index (χ4n) is 2.08. The number of esters is 1. The Morgan fingerprint density at radius 3 is 2.67 bits per heavy atom.